The van der Waals surface area contributed by atoms with E-state index in [1.807, 2.05) is 48.0 Å². The Morgan fingerprint density at radius 2 is 1.97 bits per heavy atom. The maximum Gasteiger partial charge on any atom is 0.138 e. The van der Waals surface area contributed by atoms with Crippen LogP contribution in [0.25, 0.3) is 0 Å². The summed E-state index contributed by atoms with van der Waals surface area (Å²) in [4.78, 5) is 6.40. The molecule has 1 fully saturated rings. The van der Waals surface area contributed by atoms with Crippen LogP contribution in [-0.2, 0) is 13.1 Å². The number of halogens is 1. The minimum absolute atomic E-state index is 0.254. The standard InChI is InChI=1S/C25H30ClN3O3/c1-20-5-6-23(26)24(15-20)32-18-25(30)7-10-28(11-8-25)17-21-3-2-4-22(16-21)31-14-13-29-12-9-27-19-29/h2-6,9,12,15-16,19,30H,7-8,10-11,13-14,17-18H2,1H3. The highest BCUT2D eigenvalue weighted by Crippen LogP contribution is 2.29. The van der Waals surface area contributed by atoms with E-state index in [1.165, 1.54) is 5.56 Å². The summed E-state index contributed by atoms with van der Waals surface area (Å²) in [5, 5.41) is 11.5. The predicted octanol–water partition coefficient (Wildman–Crippen LogP) is 4.33. The van der Waals surface area contributed by atoms with Gasteiger partial charge < -0.3 is 19.1 Å². The molecule has 1 saturated heterocycles. The van der Waals surface area contributed by atoms with Gasteiger partial charge in [0, 0.05) is 32.0 Å². The van der Waals surface area contributed by atoms with Crippen LogP contribution in [0.2, 0.25) is 5.02 Å². The molecule has 0 bridgehead atoms. The van der Waals surface area contributed by atoms with E-state index in [1.54, 1.807) is 12.5 Å². The molecule has 0 aliphatic carbocycles. The molecule has 3 aromatic rings. The van der Waals surface area contributed by atoms with E-state index >= 15 is 0 Å². The zero-order valence-corrected chi connectivity index (χ0v) is 19.2. The SMILES string of the molecule is Cc1ccc(Cl)c(OCC2(O)CCN(Cc3cccc(OCCn4ccnc4)c3)CC2)c1. The summed E-state index contributed by atoms with van der Waals surface area (Å²) in [6.07, 6.45) is 6.81. The Kier molecular flexibility index (Phi) is 7.35. The van der Waals surface area contributed by atoms with E-state index in [9.17, 15) is 5.11 Å². The van der Waals surface area contributed by atoms with Gasteiger partial charge in [-0.2, -0.15) is 0 Å². The van der Waals surface area contributed by atoms with Crippen LogP contribution in [0.5, 0.6) is 11.5 Å². The highest BCUT2D eigenvalue weighted by Gasteiger charge is 2.33. The lowest BCUT2D eigenvalue weighted by atomic mass is 9.92. The monoisotopic (exact) mass is 455 g/mol. The second-order valence-corrected chi connectivity index (χ2v) is 8.93. The van der Waals surface area contributed by atoms with E-state index in [0.29, 0.717) is 30.2 Å². The van der Waals surface area contributed by atoms with Crippen molar-refractivity contribution in [2.24, 2.45) is 0 Å². The Hall–Kier alpha value is -2.54. The molecule has 2 aromatic carbocycles. The van der Waals surface area contributed by atoms with Gasteiger partial charge in [0.15, 0.2) is 0 Å². The molecule has 0 radical (unpaired) electrons. The molecular formula is C25H30ClN3O3. The predicted molar refractivity (Wildman–Crippen MR) is 125 cm³/mol. The van der Waals surface area contributed by atoms with Crippen molar-refractivity contribution in [2.75, 3.05) is 26.3 Å². The van der Waals surface area contributed by atoms with Gasteiger partial charge >= 0.3 is 0 Å². The first-order chi connectivity index (χ1) is 15.5. The van der Waals surface area contributed by atoms with E-state index < -0.39 is 5.60 Å². The van der Waals surface area contributed by atoms with E-state index in [2.05, 4.69) is 22.0 Å². The highest BCUT2D eigenvalue weighted by atomic mass is 35.5. The summed E-state index contributed by atoms with van der Waals surface area (Å²) < 4.78 is 13.8. The smallest absolute Gasteiger partial charge is 0.138 e. The molecule has 6 nitrogen and oxygen atoms in total. The first-order valence-corrected chi connectivity index (χ1v) is 11.4. The number of hydrogen-bond donors (Lipinski definition) is 1. The molecule has 0 spiro atoms. The van der Waals surface area contributed by atoms with Gasteiger partial charge in [-0.3, -0.25) is 4.90 Å². The molecule has 0 saturated carbocycles. The Labute approximate surface area is 194 Å². The number of imidazole rings is 1. The van der Waals surface area contributed by atoms with Gasteiger partial charge in [0.2, 0.25) is 0 Å². The van der Waals surface area contributed by atoms with Crippen molar-refractivity contribution in [1.82, 2.24) is 14.5 Å². The zero-order chi connectivity index (χ0) is 22.4. The van der Waals surface area contributed by atoms with Crippen LogP contribution in [-0.4, -0.2) is 51.5 Å². The molecule has 0 amide bonds. The van der Waals surface area contributed by atoms with Gasteiger partial charge in [-0.25, -0.2) is 4.98 Å². The van der Waals surface area contributed by atoms with Crippen molar-refractivity contribution in [2.45, 2.75) is 38.5 Å². The molecule has 0 atom stereocenters. The van der Waals surface area contributed by atoms with Gasteiger partial charge in [-0.05, 0) is 55.2 Å². The van der Waals surface area contributed by atoms with Gasteiger partial charge in [0.05, 0.1) is 17.9 Å². The molecule has 7 heteroatoms. The Morgan fingerprint density at radius 1 is 1.12 bits per heavy atom. The highest BCUT2D eigenvalue weighted by molar-refractivity contribution is 6.32. The fourth-order valence-electron chi connectivity index (χ4n) is 3.88. The minimum Gasteiger partial charge on any atom is -0.492 e. The number of nitrogens with zero attached hydrogens (tertiary/aromatic N) is 3. The molecule has 1 aliphatic rings. The lowest BCUT2D eigenvalue weighted by molar-refractivity contribution is -0.0537. The van der Waals surface area contributed by atoms with Crippen LogP contribution < -0.4 is 9.47 Å². The van der Waals surface area contributed by atoms with E-state index in [4.69, 9.17) is 21.1 Å². The van der Waals surface area contributed by atoms with Crippen molar-refractivity contribution in [3.63, 3.8) is 0 Å². The average Bonchev–Trinajstić information content (AvgIpc) is 3.30. The van der Waals surface area contributed by atoms with Crippen molar-refractivity contribution >= 4 is 11.6 Å². The third kappa shape index (κ3) is 6.25. The van der Waals surface area contributed by atoms with Gasteiger partial charge in [0.1, 0.15) is 30.3 Å². The lowest BCUT2D eigenvalue weighted by Crippen LogP contribution is -2.47. The first kappa shape index (κ1) is 22.6. The maximum atomic E-state index is 11.0. The Bertz CT molecular complexity index is 1000. The average molecular weight is 456 g/mol. The quantitative estimate of drug-likeness (QED) is 0.520. The molecular weight excluding hydrogens is 426 g/mol. The Balaban J connectivity index is 1.24. The summed E-state index contributed by atoms with van der Waals surface area (Å²) in [5.74, 6) is 1.51. The summed E-state index contributed by atoms with van der Waals surface area (Å²) in [6, 6.07) is 13.9. The molecule has 1 aromatic heterocycles. The fourth-order valence-corrected chi connectivity index (χ4v) is 4.06. The van der Waals surface area contributed by atoms with Crippen molar-refractivity contribution < 1.29 is 14.6 Å². The third-order valence-corrected chi connectivity index (χ3v) is 6.16. The second kappa shape index (κ2) is 10.4. The van der Waals surface area contributed by atoms with E-state index in [0.717, 1.165) is 37.5 Å². The van der Waals surface area contributed by atoms with Crippen LogP contribution in [0.4, 0.5) is 0 Å². The van der Waals surface area contributed by atoms with Crippen molar-refractivity contribution in [3.05, 3.63) is 77.3 Å². The molecule has 2 heterocycles. The van der Waals surface area contributed by atoms with Crippen LogP contribution in [0.15, 0.2) is 61.2 Å². The summed E-state index contributed by atoms with van der Waals surface area (Å²) in [5.41, 5.74) is 1.46. The topological polar surface area (TPSA) is 59.8 Å². The van der Waals surface area contributed by atoms with Crippen LogP contribution >= 0.6 is 11.6 Å². The fraction of sp³-hybridized carbons (Fsp3) is 0.400. The normalized spacial score (nSPS) is 16.1. The molecule has 0 unspecified atom stereocenters. The van der Waals surface area contributed by atoms with Gasteiger partial charge in [-0.15, -0.1) is 0 Å². The first-order valence-electron chi connectivity index (χ1n) is 11.0. The number of piperidine rings is 1. The van der Waals surface area contributed by atoms with E-state index in [-0.39, 0.29) is 6.61 Å². The largest absolute Gasteiger partial charge is 0.492 e. The molecule has 1 aliphatic heterocycles. The van der Waals surface area contributed by atoms with Gasteiger partial charge in [-0.1, -0.05) is 29.8 Å². The number of aliphatic hydroxyl groups is 1. The maximum absolute atomic E-state index is 11.0. The van der Waals surface area contributed by atoms with Gasteiger partial charge in [0.25, 0.3) is 0 Å². The van der Waals surface area contributed by atoms with Crippen molar-refractivity contribution in [3.8, 4) is 11.5 Å². The molecule has 170 valence electrons. The minimum atomic E-state index is -0.831. The number of benzene rings is 2. The van der Waals surface area contributed by atoms with Crippen LogP contribution in [0, 0.1) is 6.92 Å². The number of hydrogen-bond acceptors (Lipinski definition) is 5. The van der Waals surface area contributed by atoms with Crippen LogP contribution in [0.1, 0.15) is 24.0 Å². The number of rotatable bonds is 9. The number of ether oxygens (including phenoxy) is 2. The summed E-state index contributed by atoms with van der Waals surface area (Å²) >= 11 is 6.21. The zero-order valence-electron chi connectivity index (χ0n) is 18.4. The molecule has 1 N–H and O–H groups in total. The third-order valence-electron chi connectivity index (χ3n) is 5.85. The molecule has 4 rings (SSSR count). The molecule has 32 heavy (non-hydrogen) atoms. The number of likely N-dealkylation sites (tertiary alicyclic amines) is 1. The summed E-state index contributed by atoms with van der Waals surface area (Å²) in [6.45, 7) is 6.08. The Morgan fingerprint density at radius 3 is 2.75 bits per heavy atom. The van der Waals surface area contributed by atoms with Crippen LogP contribution in [0.3, 0.4) is 0 Å². The second-order valence-electron chi connectivity index (χ2n) is 8.52. The number of aryl methyl sites for hydroxylation is 1. The lowest BCUT2D eigenvalue weighted by Gasteiger charge is -2.38. The summed E-state index contributed by atoms with van der Waals surface area (Å²) in [7, 11) is 0. The van der Waals surface area contributed by atoms with Crippen molar-refractivity contribution in [1.29, 1.82) is 0 Å². The number of aromatic nitrogens is 2.